The van der Waals surface area contributed by atoms with Gasteiger partial charge < -0.3 is 4.90 Å². The van der Waals surface area contributed by atoms with Crippen LogP contribution in [0.4, 0.5) is 0 Å². The predicted molar refractivity (Wildman–Crippen MR) is 89.1 cm³/mol. The second-order valence-corrected chi connectivity index (χ2v) is 7.40. The van der Waals surface area contributed by atoms with Crippen LogP contribution in [0.3, 0.4) is 0 Å². The molecule has 0 aromatic carbocycles. The molecule has 0 unspecified atom stereocenters. The number of thiophene rings is 1. The number of carbonyl (C=O) groups excluding carboxylic acids is 1. The molecular formula is C17H23N3OS. The lowest BCUT2D eigenvalue weighted by Crippen LogP contribution is -2.25. The first-order valence-corrected chi connectivity index (χ1v) is 8.73. The van der Waals surface area contributed by atoms with E-state index in [0.717, 1.165) is 29.2 Å². The van der Waals surface area contributed by atoms with Crippen molar-refractivity contribution in [2.75, 3.05) is 7.05 Å². The quantitative estimate of drug-likeness (QED) is 0.868. The fourth-order valence-corrected chi connectivity index (χ4v) is 4.34. The van der Waals surface area contributed by atoms with Gasteiger partial charge in [-0.25, -0.2) is 0 Å². The fourth-order valence-electron chi connectivity index (χ4n) is 3.14. The molecule has 22 heavy (non-hydrogen) atoms. The highest BCUT2D eigenvalue weighted by molar-refractivity contribution is 7.14. The van der Waals surface area contributed by atoms with Crippen molar-refractivity contribution in [3.05, 3.63) is 39.3 Å². The SMILES string of the molecule is CC[C@@H]1CCc2sc(C(=O)N(C)Cc3cnn(C)c3)cc2C1. The molecule has 0 aliphatic heterocycles. The van der Waals surface area contributed by atoms with E-state index >= 15 is 0 Å². The molecule has 4 nitrogen and oxygen atoms in total. The van der Waals surface area contributed by atoms with Gasteiger partial charge in [0, 0.05) is 37.3 Å². The minimum atomic E-state index is 0.122. The van der Waals surface area contributed by atoms with Crippen LogP contribution in [-0.2, 0) is 26.4 Å². The van der Waals surface area contributed by atoms with Crippen molar-refractivity contribution in [1.82, 2.24) is 14.7 Å². The van der Waals surface area contributed by atoms with E-state index in [-0.39, 0.29) is 5.91 Å². The Bertz CT molecular complexity index is 673. The molecule has 0 bridgehead atoms. The largest absolute Gasteiger partial charge is 0.337 e. The molecule has 0 N–H and O–H groups in total. The summed E-state index contributed by atoms with van der Waals surface area (Å²) in [5, 5.41) is 4.15. The molecule has 0 saturated heterocycles. The molecule has 1 aliphatic rings. The first kappa shape index (κ1) is 15.3. The van der Waals surface area contributed by atoms with E-state index in [1.807, 2.05) is 26.5 Å². The minimum Gasteiger partial charge on any atom is -0.337 e. The normalized spacial score (nSPS) is 17.3. The lowest BCUT2D eigenvalue weighted by atomic mass is 9.87. The molecule has 0 saturated carbocycles. The van der Waals surface area contributed by atoms with Gasteiger partial charge in [-0.3, -0.25) is 9.48 Å². The highest BCUT2D eigenvalue weighted by atomic mass is 32.1. The van der Waals surface area contributed by atoms with Crippen LogP contribution in [0.1, 0.15) is 45.4 Å². The van der Waals surface area contributed by atoms with Gasteiger partial charge in [-0.05, 0) is 36.8 Å². The van der Waals surface area contributed by atoms with Crippen LogP contribution < -0.4 is 0 Å². The third-order valence-electron chi connectivity index (χ3n) is 4.50. The number of hydrogen-bond donors (Lipinski definition) is 0. The predicted octanol–water partition coefficient (Wildman–Crippen LogP) is 3.27. The molecule has 1 aliphatic carbocycles. The molecule has 0 radical (unpaired) electrons. The maximum absolute atomic E-state index is 12.6. The van der Waals surface area contributed by atoms with E-state index in [9.17, 15) is 4.79 Å². The maximum Gasteiger partial charge on any atom is 0.263 e. The average molecular weight is 317 g/mol. The molecule has 2 aromatic rings. The van der Waals surface area contributed by atoms with Crippen molar-refractivity contribution in [2.45, 2.75) is 39.2 Å². The molecule has 5 heteroatoms. The Hall–Kier alpha value is -1.62. The van der Waals surface area contributed by atoms with Crippen LogP contribution >= 0.6 is 11.3 Å². The zero-order chi connectivity index (χ0) is 15.7. The number of carbonyl (C=O) groups is 1. The second kappa shape index (κ2) is 6.24. The van der Waals surface area contributed by atoms with Crippen molar-refractivity contribution in [1.29, 1.82) is 0 Å². The van der Waals surface area contributed by atoms with Crippen LogP contribution in [0.25, 0.3) is 0 Å². The lowest BCUT2D eigenvalue weighted by molar-refractivity contribution is 0.0790. The Morgan fingerprint density at radius 1 is 1.55 bits per heavy atom. The molecule has 2 aromatic heterocycles. The third kappa shape index (κ3) is 3.09. The van der Waals surface area contributed by atoms with Gasteiger partial charge in [0.25, 0.3) is 5.91 Å². The Labute approximate surface area is 135 Å². The molecule has 2 heterocycles. The molecule has 0 spiro atoms. The third-order valence-corrected chi connectivity index (χ3v) is 5.72. The number of hydrogen-bond acceptors (Lipinski definition) is 3. The average Bonchev–Trinajstić information content (AvgIpc) is 3.11. The summed E-state index contributed by atoms with van der Waals surface area (Å²) in [5.74, 6) is 0.912. The smallest absolute Gasteiger partial charge is 0.263 e. The van der Waals surface area contributed by atoms with Gasteiger partial charge in [0.2, 0.25) is 0 Å². The summed E-state index contributed by atoms with van der Waals surface area (Å²) < 4.78 is 1.77. The topological polar surface area (TPSA) is 38.1 Å². The van der Waals surface area contributed by atoms with Gasteiger partial charge in [0.1, 0.15) is 0 Å². The van der Waals surface area contributed by atoms with Crippen LogP contribution in [-0.4, -0.2) is 27.6 Å². The van der Waals surface area contributed by atoms with Crippen molar-refractivity contribution in [3.8, 4) is 0 Å². The zero-order valence-electron chi connectivity index (χ0n) is 13.5. The van der Waals surface area contributed by atoms with Gasteiger partial charge in [0.15, 0.2) is 0 Å². The molecular weight excluding hydrogens is 294 g/mol. The molecule has 1 amide bonds. The van der Waals surface area contributed by atoms with Gasteiger partial charge in [-0.2, -0.15) is 5.10 Å². The van der Waals surface area contributed by atoms with Crippen molar-refractivity contribution in [2.24, 2.45) is 13.0 Å². The number of aromatic nitrogens is 2. The summed E-state index contributed by atoms with van der Waals surface area (Å²) in [5.41, 5.74) is 2.46. The van der Waals surface area contributed by atoms with E-state index in [2.05, 4.69) is 18.1 Å². The van der Waals surface area contributed by atoms with Crippen molar-refractivity contribution < 1.29 is 4.79 Å². The van der Waals surface area contributed by atoms with E-state index in [1.165, 1.54) is 23.3 Å². The zero-order valence-corrected chi connectivity index (χ0v) is 14.3. The lowest BCUT2D eigenvalue weighted by Gasteiger charge is -2.19. The van der Waals surface area contributed by atoms with Crippen LogP contribution in [0.2, 0.25) is 0 Å². The molecule has 118 valence electrons. The van der Waals surface area contributed by atoms with Crippen molar-refractivity contribution in [3.63, 3.8) is 0 Å². The van der Waals surface area contributed by atoms with E-state index in [1.54, 1.807) is 20.9 Å². The summed E-state index contributed by atoms with van der Waals surface area (Å²) in [7, 11) is 3.76. The number of rotatable bonds is 4. The number of nitrogens with zero attached hydrogens (tertiary/aromatic N) is 3. The summed E-state index contributed by atoms with van der Waals surface area (Å²) in [4.78, 5) is 16.7. The van der Waals surface area contributed by atoms with E-state index < -0.39 is 0 Å². The van der Waals surface area contributed by atoms with E-state index in [4.69, 9.17) is 0 Å². The number of fused-ring (bicyclic) bond motifs is 1. The van der Waals surface area contributed by atoms with Gasteiger partial charge in [0.05, 0.1) is 11.1 Å². The molecule has 1 atom stereocenters. The Morgan fingerprint density at radius 3 is 3.05 bits per heavy atom. The fraction of sp³-hybridized carbons (Fsp3) is 0.529. The first-order chi connectivity index (χ1) is 10.6. The van der Waals surface area contributed by atoms with Crippen LogP contribution in [0.5, 0.6) is 0 Å². The Morgan fingerprint density at radius 2 is 2.36 bits per heavy atom. The first-order valence-electron chi connectivity index (χ1n) is 7.91. The minimum absolute atomic E-state index is 0.122. The highest BCUT2D eigenvalue weighted by Crippen LogP contribution is 2.34. The maximum atomic E-state index is 12.6. The Balaban J connectivity index is 1.71. The second-order valence-electron chi connectivity index (χ2n) is 6.26. The standard InChI is InChI=1S/C17H23N3OS/c1-4-12-5-6-15-14(7-12)8-16(22-15)17(21)19(2)10-13-9-18-20(3)11-13/h8-9,11-12H,4-7,10H2,1-3H3/t12-/m1/s1. The summed E-state index contributed by atoms with van der Waals surface area (Å²) in [6.45, 7) is 2.86. The number of aryl methyl sites for hydroxylation is 2. The molecule has 3 rings (SSSR count). The Kier molecular flexibility index (Phi) is 4.34. The highest BCUT2D eigenvalue weighted by Gasteiger charge is 2.23. The monoisotopic (exact) mass is 317 g/mol. The van der Waals surface area contributed by atoms with Crippen LogP contribution in [0, 0.1) is 5.92 Å². The van der Waals surface area contributed by atoms with Gasteiger partial charge >= 0.3 is 0 Å². The summed E-state index contributed by atoms with van der Waals surface area (Å²) in [6, 6.07) is 2.13. The van der Waals surface area contributed by atoms with Crippen molar-refractivity contribution >= 4 is 17.2 Å². The van der Waals surface area contributed by atoms with E-state index in [0.29, 0.717) is 6.54 Å². The summed E-state index contributed by atoms with van der Waals surface area (Å²) >= 11 is 1.69. The summed E-state index contributed by atoms with van der Waals surface area (Å²) in [6.07, 6.45) is 8.55. The number of amides is 1. The van der Waals surface area contributed by atoms with Gasteiger partial charge in [-0.1, -0.05) is 13.3 Å². The van der Waals surface area contributed by atoms with Gasteiger partial charge in [-0.15, -0.1) is 11.3 Å². The molecule has 0 fully saturated rings. The van der Waals surface area contributed by atoms with Crippen LogP contribution in [0.15, 0.2) is 18.5 Å².